The van der Waals surface area contributed by atoms with E-state index in [0.717, 1.165) is 13.1 Å². The van der Waals surface area contributed by atoms with E-state index in [0.29, 0.717) is 26.3 Å². The molecule has 1 heterocycles. The Labute approximate surface area is 160 Å². The van der Waals surface area contributed by atoms with Crippen LogP contribution in [0.1, 0.15) is 16.8 Å². The third kappa shape index (κ3) is 4.73. The van der Waals surface area contributed by atoms with Crippen molar-refractivity contribution in [2.24, 2.45) is 0 Å². The predicted molar refractivity (Wildman–Crippen MR) is 101 cm³/mol. The van der Waals surface area contributed by atoms with E-state index >= 15 is 0 Å². The van der Waals surface area contributed by atoms with Gasteiger partial charge in [0.25, 0.3) is 0 Å². The number of nitrogens with one attached hydrogen (secondary N) is 1. The first-order chi connectivity index (χ1) is 11.9. The highest BCUT2D eigenvalue weighted by Gasteiger charge is 2.35. The SMILES string of the molecule is O=C(CC(C(=O)Nc1cc(Cl)ccc1Cl)N1CC1)c1ccc(Cl)cc1. The van der Waals surface area contributed by atoms with Crippen LogP contribution >= 0.6 is 34.8 Å². The van der Waals surface area contributed by atoms with Gasteiger partial charge in [-0.15, -0.1) is 0 Å². The monoisotopic (exact) mass is 396 g/mol. The molecule has 1 amide bonds. The fraction of sp³-hybridized carbons (Fsp3) is 0.222. The highest BCUT2D eigenvalue weighted by molar-refractivity contribution is 6.35. The van der Waals surface area contributed by atoms with E-state index in [4.69, 9.17) is 34.8 Å². The van der Waals surface area contributed by atoms with Crippen LogP contribution in [0.15, 0.2) is 42.5 Å². The van der Waals surface area contributed by atoms with Gasteiger partial charge in [0.15, 0.2) is 5.78 Å². The number of anilines is 1. The maximum atomic E-state index is 12.7. The standard InChI is InChI=1S/C18H15Cl3N2O2/c19-12-3-1-11(2-4-12)17(24)10-16(23-7-8-23)18(25)22-15-9-13(20)5-6-14(15)21/h1-6,9,16H,7-8,10H2,(H,22,25). The molecule has 1 N–H and O–H groups in total. The van der Waals surface area contributed by atoms with Crippen LogP contribution in [-0.4, -0.2) is 35.7 Å². The lowest BCUT2D eigenvalue weighted by Gasteiger charge is -2.18. The van der Waals surface area contributed by atoms with Gasteiger partial charge in [0.1, 0.15) is 0 Å². The molecule has 7 heteroatoms. The van der Waals surface area contributed by atoms with Gasteiger partial charge in [-0.25, -0.2) is 0 Å². The number of ketones is 1. The lowest BCUT2D eigenvalue weighted by atomic mass is 10.0. The van der Waals surface area contributed by atoms with Crippen LogP contribution in [0.5, 0.6) is 0 Å². The maximum absolute atomic E-state index is 12.7. The van der Waals surface area contributed by atoms with Crippen molar-refractivity contribution in [3.05, 3.63) is 63.1 Å². The summed E-state index contributed by atoms with van der Waals surface area (Å²) in [6.45, 7) is 1.57. The summed E-state index contributed by atoms with van der Waals surface area (Å²) >= 11 is 17.9. The number of nitrogens with zero attached hydrogens (tertiary/aromatic N) is 1. The first-order valence-electron chi connectivity index (χ1n) is 7.73. The fourth-order valence-corrected chi connectivity index (χ4v) is 2.96. The number of hydrogen-bond donors (Lipinski definition) is 1. The molecule has 0 spiro atoms. The molecule has 25 heavy (non-hydrogen) atoms. The summed E-state index contributed by atoms with van der Waals surface area (Å²) in [6.07, 6.45) is 0.0889. The Balaban J connectivity index is 1.72. The molecule has 1 aliphatic rings. The third-order valence-electron chi connectivity index (χ3n) is 3.96. The first-order valence-corrected chi connectivity index (χ1v) is 8.86. The molecule has 1 saturated heterocycles. The topological polar surface area (TPSA) is 49.2 Å². The van der Waals surface area contributed by atoms with Gasteiger partial charge in [-0.05, 0) is 42.5 Å². The van der Waals surface area contributed by atoms with Crippen molar-refractivity contribution in [1.29, 1.82) is 0 Å². The number of rotatable bonds is 6. The van der Waals surface area contributed by atoms with E-state index in [1.165, 1.54) is 0 Å². The Morgan fingerprint density at radius 1 is 1.00 bits per heavy atom. The van der Waals surface area contributed by atoms with Crippen LogP contribution in [-0.2, 0) is 4.79 Å². The zero-order chi connectivity index (χ0) is 18.0. The van der Waals surface area contributed by atoms with Crippen molar-refractivity contribution in [2.75, 3.05) is 18.4 Å². The zero-order valence-corrected chi connectivity index (χ0v) is 15.4. The normalized spacial score (nSPS) is 14.8. The number of amides is 1. The van der Waals surface area contributed by atoms with E-state index in [9.17, 15) is 9.59 Å². The Morgan fingerprint density at radius 3 is 2.28 bits per heavy atom. The average Bonchev–Trinajstić information content (AvgIpc) is 3.41. The van der Waals surface area contributed by atoms with E-state index in [-0.39, 0.29) is 18.1 Å². The molecule has 0 aliphatic carbocycles. The first kappa shape index (κ1) is 18.2. The number of benzene rings is 2. The summed E-state index contributed by atoms with van der Waals surface area (Å²) in [6, 6.07) is 10.9. The molecule has 130 valence electrons. The summed E-state index contributed by atoms with van der Waals surface area (Å²) in [5.41, 5.74) is 0.967. The molecule has 2 aromatic carbocycles. The molecule has 3 rings (SSSR count). The van der Waals surface area contributed by atoms with Gasteiger partial charge in [0.05, 0.1) is 16.8 Å². The molecular formula is C18H15Cl3N2O2. The Hall–Kier alpha value is -1.59. The van der Waals surface area contributed by atoms with E-state index in [1.807, 2.05) is 4.90 Å². The van der Waals surface area contributed by atoms with Crippen molar-refractivity contribution in [2.45, 2.75) is 12.5 Å². The Bertz CT molecular complexity index is 804. The highest BCUT2D eigenvalue weighted by atomic mass is 35.5. The molecule has 1 atom stereocenters. The fourth-order valence-electron chi connectivity index (χ4n) is 2.50. The van der Waals surface area contributed by atoms with Crippen molar-refractivity contribution in [3.63, 3.8) is 0 Å². The summed E-state index contributed by atoms with van der Waals surface area (Å²) in [4.78, 5) is 27.1. The van der Waals surface area contributed by atoms with Gasteiger partial charge in [-0.1, -0.05) is 34.8 Å². The van der Waals surface area contributed by atoms with E-state index < -0.39 is 6.04 Å². The maximum Gasteiger partial charge on any atom is 0.242 e. The second-order valence-corrected chi connectivity index (χ2v) is 7.08. The molecule has 1 aliphatic heterocycles. The molecule has 0 radical (unpaired) electrons. The number of Topliss-reactive ketones (excluding diaryl/α,β-unsaturated/α-hetero) is 1. The number of carbonyl (C=O) groups is 2. The van der Waals surface area contributed by atoms with Gasteiger partial charge in [-0.3, -0.25) is 14.5 Å². The summed E-state index contributed by atoms with van der Waals surface area (Å²) in [5.74, 6) is -0.384. The second kappa shape index (κ2) is 7.75. The predicted octanol–water partition coefficient (Wildman–Crippen LogP) is 4.54. The third-order valence-corrected chi connectivity index (χ3v) is 4.77. The number of carbonyl (C=O) groups excluding carboxylic acids is 2. The van der Waals surface area contributed by atoms with E-state index in [2.05, 4.69) is 5.32 Å². The zero-order valence-electron chi connectivity index (χ0n) is 13.1. The summed E-state index contributed by atoms with van der Waals surface area (Å²) < 4.78 is 0. The van der Waals surface area contributed by atoms with Crippen LogP contribution in [0.25, 0.3) is 0 Å². The van der Waals surface area contributed by atoms with Crippen molar-refractivity contribution in [1.82, 2.24) is 4.90 Å². The van der Waals surface area contributed by atoms with Crippen molar-refractivity contribution < 1.29 is 9.59 Å². The van der Waals surface area contributed by atoms with Gasteiger partial charge in [0.2, 0.25) is 5.91 Å². The Kier molecular flexibility index (Phi) is 5.64. The van der Waals surface area contributed by atoms with Crippen LogP contribution in [0.3, 0.4) is 0 Å². The largest absolute Gasteiger partial charge is 0.323 e. The summed E-state index contributed by atoms with van der Waals surface area (Å²) in [7, 11) is 0. The lowest BCUT2D eigenvalue weighted by molar-refractivity contribution is -0.119. The van der Waals surface area contributed by atoms with Crippen LogP contribution in [0.2, 0.25) is 15.1 Å². The average molecular weight is 398 g/mol. The molecule has 1 fully saturated rings. The van der Waals surface area contributed by atoms with Crippen LogP contribution in [0.4, 0.5) is 5.69 Å². The van der Waals surface area contributed by atoms with Gasteiger partial charge < -0.3 is 5.32 Å². The van der Waals surface area contributed by atoms with Gasteiger partial charge in [-0.2, -0.15) is 0 Å². The molecule has 4 nitrogen and oxygen atoms in total. The molecule has 0 aromatic heterocycles. The minimum Gasteiger partial charge on any atom is -0.323 e. The smallest absolute Gasteiger partial charge is 0.242 e. The van der Waals surface area contributed by atoms with Crippen LogP contribution in [0, 0.1) is 0 Å². The van der Waals surface area contributed by atoms with Gasteiger partial charge in [0, 0.05) is 35.1 Å². The minimum absolute atomic E-state index is 0.0889. The van der Waals surface area contributed by atoms with E-state index in [1.54, 1.807) is 42.5 Å². The second-order valence-electron chi connectivity index (χ2n) is 5.80. The Morgan fingerprint density at radius 2 is 1.64 bits per heavy atom. The molecular weight excluding hydrogens is 383 g/mol. The van der Waals surface area contributed by atoms with Crippen molar-refractivity contribution in [3.8, 4) is 0 Å². The number of halogens is 3. The molecule has 0 saturated carbocycles. The summed E-state index contributed by atoms with van der Waals surface area (Å²) in [5, 5.41) is 4.20. The quantitative estimate of drug-likeness (QED) is 0.575. The van der Waals surface area contributed by atoms with Crippen molar-refractivity contribution >= 4 is 52.2 Å². The highest BCUT2D eigenvalue weighted by Crippen LogP contribution is 2.27. The van der Waals surface area contributed by atoms with Crippen LogP contribution < -0.4 is 5.32 Å². The molecule has 2 aromatic rings. The lowest BCUT2D eigenvalue weighted by Crippen LogP contribution is -2.36. The van der Waals surface area contributed by atoms with Gasteiger partial charge >= 0.3 is 0 Å². The number of hydrogen-bond acceptors (Lipinski definition) is 3. The molecule has 0 bridgehead atoms. The molecule has 1 unspecified atom stereocenters. The minimum atomic E-state index is -0.543.